The summed E-state index contributed by atoms with van der Waals surface area (Å²) in [7, 11) is -0.746. The second kappa shape index (κ2) is 7.09. The molecule has 3 nitrogen and oxygen atoms in total. The molecule has 0 amide bonds. The molecular weight excluding hydrogens is 354 g/mol. The summed E-state index contributed by atoms with van der Waals surface area (Å²) in [6.07, 6.45) is 9.44. The third-order valence-corrected chi connectivity index (χ3v) is 11.1. The highest BCUT2D eigenvalue weighted by atomic mass is 32.2. The Labute approximate surface area is 167 Å². The number of hydrogen-bond donors (Lipinski definition) is 1. The zero-order chi connectivity index (χ0) is 19.4. The van der Waals surface area contributed by atoms with E-state index in [1.54, 1.807) is 0 Å². The number of hydrogen-bond acceptors (Lipinski definition) is 3. The van der Waals surface area contributed by atoms with E-state index < -0.39 is 10.8 Å². The van der Waals surface area contributed by atoms with Crippen molar-refractivity contribution < 1.29 is 9.00 Å². The Kier molecular flexibility index (Phi) is 5.20. The number of Topliss-reactive ketones (excluding diaryl/α,β-unsaturated/α-hetero) is 1. The molecule has 0 aliphatic heterocycles. The van der Waals surface area contributed by atoms with Crippen LogP contribution in [0.3, 0.4) is 0 Å². The van der Waals surface area contributed by atoms with Gasteiger partial charge in [-0.25, -0.2) is 0 Å². The van der Waals surface area contributed by atoms with Gasteiger partial charge in [-0.1, -0.05) is 26.0 Å². The molecule has 2 N–H and O–H groups in total. The van der Waals surface area contributed by atoms with E-state index in [4.69, 9.17) is 5.73 Å². The third-order valence-electron chi connectivity index (χ3n) is 9.20. The molecule has 152 valence electrons. The first-order valence-corrected chi connectivity index (χ1v) is 12.5. The summed E-state index contributed by atoms with van der Waals surface area (Å²) >= 11 is 0. The van der Waals surface area contributed by atoms with Crippen LogP contribution < -0.4 is 5.73 Å². The van der Waals surface area contributed by atoms with Crippen molar-refractivity contribution in [2.45, 2.75) is 76.9 Å². The van der Waals surface area contributed by atoms with Gasteiger partial charge in [-0.3, -0.25) is 9.00 Å². The highest BCUT2D eigenvalue weighted by Gasteiger charge is 2.61. The SMILES string of the molecule is C=C1C[C@@H]2[C@H](CC[C@]3(C)C(=O)CC[C@@H]23)[C@@]2(C)CC[C@H](S(=O)CCCN)C[C@@H]12. The van der Waals surface area contributed by atoms with Gasteiger partial charge < -0.3 is 5.73 Å². The molecule has 0 aromatic carbocycles. The zero-order valence-corrected chi connectivity index (χ0v) is 18.0. The van der Waals surface area contributed by atoms with Crippen LogP contribution in [-0.4, -0.2) is 27.5 Å². The molecule has 0 saturated heterocycles. The minimum atomic E-state index is -0.746. The number of rotatable bonds is 4. The Bertz CT molecular complexity index is 661. The first kappa shape index (κ1) is 19.8. The number of nitrogens with two attached hydrogens (primary N) is 1. The van der Waals surface area contributed by atoms with E-state index in [9.17, 15) is 9.00 Å². The number of carbonyl (C=O) groups excluding carboxylic acids is 1. The van der Waals surface area contributed by atoms with E-state index in [0.717, 1.165) is 56.6 Å². The second-order valence-electron chi connectivity index (χ2n) is 10.3. The van der Waals surface area contributed by atoms with Gasteiger partial charge in [0, 0.05) is 33.6 Å². The zero-order valence-electron chi connectivity index (χ0n) is 17.2. The summed E-state index contributed by atoms with van der Waals surface area (Å²) < 4.78 is 12.7. The van der Waals surface area contributed by atoms with Crippen molar-refractivity contribution in [1.82, 2.24) is 0 Å². The molecule has 8 atom stereocenters. The van der Waals surface area contributed by atoms with E-state index in [0.29, 0.717) is 40.7 Å². The Balaban J connectivity index is 1.55. The molecule has 4 aliphatic rings. The molecule has 0 aromatic rings. The van der Waals surface area contributed by atoms with Crippen LogP contribution in [0.4, 0.5) is 0 Å². The first-order chi connectivity index (χ1) is 12.8. The smallest absolute Gasteiger partial charge is 0.139 e. The molecule has 0 spiro atoms. The first-order valence-electron chi connectivity index (χ1n) is 11.1. The molecule has 4 aliphatic carbocycles. The Hall–Kier alpha value is -0.480. The average Bonchev–Trinajstić information content (AvgIpc) is 2.95. The largest absolute Gasteiger partial charge is 0.330 e. The molecule has 0 bridgehead atoms. The van der Waals surface area contributed by atoms with Crippen molar-refractivity contribution in [3.8, 4) is 0 Å². The number of ketones is 1. The maximum absolute atomic E-state index is 12.7. The summed E-state index contributed by atoms with van der Waals surface area (Å²) in [6, 6.07) is 0. The van der Waals surface area contributed by atoms with E-state index in [1.807, 2.05) is 0 Å². The van der Waals surface area contributed by atoms with Gasteiger partial charge in [0.25, 0.3) is 0 Å². The van der Waals surface area contributed by atoms with Crippen LogP contribution in [0, 0.1) is 34.5 Å². The number of fused-ring (bicyclic) bond motifs is 5. The van der Waals surface area contributed by atoms with Gasteiger partial charge in [-0.15, -0.1) is 0 Å². The van der Waals surface area contributed by atoms with Crippen LogP contribution in [0.1, 0.15) is 71.6 Å². The standard InChI is InChI=1S/C23H37NO2S/c1-15-13-17-18-5-6-21(25)23(18,3)10-8-19(17)22(2)9-7-16(14-20(15)22)27(26)12-4-11-24/h16-20H,1,4-14,24H2,2-3H3/t16-,17-,18-,19-,20-,22+,23-,27?/m0/s1. The molecule has 1 unspecified atom stereocenters. The molecule has 27 heavy (non-hydrogen) atoms. The van der Waals surface area contributed by atoms with Gasteiger partial charge >= 0.3 is 0 Å². The molecule has 0 heterocycles. The van der Waals surface area contributed by atoms with E-state index in [-0.39, 0.29) is 5.41 Å². The lowest BCUT2D eigenvalue weighted by molar-refractivity contribution is -0.135. The van der Waals surface area contributed by atoms with Crippen LogP contribution >= 0.6 is 0 Å². The summed E-state index contributed by atoms with van der Waals surface area (Å²) in [5.41, 5.74) is 7.24. The van der Waals surface area contributed by atoms with Crippen molar-refractivity contribution in [1.29, 1.82) is 0 Å². The minimum Gasteiger partial charge on any atom is -0.330 e. The highest BCUT2D eigenvalue weighted by Crippen LogP contribution is 2.66. The van der Waals surface area contributed by atoms with Crippen LogP contribution in [0.5, 0.6) is 0 Å². The van der Waals surface area contributed by atoms with Gasteiger partial charge in [0.05, 0.1) is 0 Å². The van der Waals surface area contributed by atoms with Crippen molar-refractivity contribution in [3.05, 3.63) is 12.2 Å². The molecule has 4 saturated carbocycles. The van der Waals surface area contributed by atoms with Crippen LogP contribution in [0.2, 0.25) is 0 Å². The normalized spacial score (nSPS) is 47.9. The summed E-state index contributed by atoms with van der Waals surface area (Å²) in [4.78, 5) is 12.6. The molecule has 0 radical (unpaired) electrons. The maximum Gasteiger partial charge on any atom is 0.139 e. The van der Waals surface area contributed by atoms with Gasteiger partial charge in [-0.05, 0) is 87.0 Å². The predicted octanol–water partition coefficient (Wildman–Crippen LogP) is 4.23. The van der Waals surface area contributed by atoms with Gasteiger partial charge in [0.2, 0.25) is 0 Å². The highest BCUT2D eigenvalue weighted by molar-refractivity contribution is 7.85. The van der Waals surface area contributed by atoms with E-state index >= 15 is 0 Å². The fourth-order valence-electron chi connectivity index (χ4n) is 7.61. The summed E-state index contributed by atoms with van der Waals surface area (Å²) in [6.45, 7) is 9.92. The van der Waals surface area contributed by atoms with E-state index in [2.05, 4.69) is 20.4 Å². The van der Waals surface area contributed by atoms with Crippen LogP contribution in [0.15, 0.2) is 12.2 Å². The van der Waals surface area contributed by atoms with E-state index in [1.165, 1.54) is 18.4 Å². The lowest BCUT2D eigenvalue weighted by Crippen LogP contribution is -2.55. The van der Waals surface area contributed by atoms with Gasteiger partial charge in [0.15, 0.2) is 0 Å². The molecular formula is C23H37NO2S. The minimum absolute atomic E-state index is 0.0639. The fourth-order valence-corrected chi connectivity index (χ4v) is 9.18. The molecule has 0 aromatic heterocycles. The number of allylic oxidation sites excluding steroid dienone is 1. The molecule has 4 rings (SSSR count). The van der Waals surface area contributed by atoms with Crippen LogP contribution in [-0.2, 0) is 15.6 Å². The lowest BCUT2D eigenvalue weighted by Gasteiger charge is -2.60. The lowest BCUT2D eigenvalue weighted by atomic mass is 9.44. The predicted molar refractivity (Wildman–Crippen MR) is 112 cm³/mol. The van der Waals surface area contributed by atoms with Crippen LogP contribution in [0.25, 0.3) is 0 Å². The Morgan fingerprint density at radius 1 is 1.19 bits per heavy atom. The van der Waals surface area contributed by atoms with Crippen molar-refractivity contribution in [3.63, 3.8) is 0 Å². The van der Waals surface area contributed by atoms with Crippen molar-refractivity contribution in [2.24, 2.45) is 40.2 Å². The monoisotopic (exact) mass is 391 g/mol. The van der Waals surface area contributed by atoms with Gasteiger partial charge in [-0.2, -0.15) is 0 Å². The Morgan fingerprint density at radius 3 is 2.70 bits per heavy atom. The Morgan fingerprint density at radius 2 is 1.96 bits per heavy atom. The van der Waals surface area contributed by atoms with Gasteiger partial charge in [0.1, 0.15) is 5.78 Å². The second-order valence-corrected chi connectivity index (χ2v) is 12.2. The quantitative estimate of drug-likeness (QED) is 0.730. The number of carbonyl (C=O) groups is 1. The fraction of sp³-hybridized carbons (Fsp3) is 0.870. The van der Waals surface area contributed by atoms with Crippen molar-refractivity contribution >= 4 is 16.6 Å². The molecule has 4 heteroatoms. The third kappa shape index (κ3) is 3.01. The molecule has 4 fully saturated rings. The summed E-state index contributed by atoms with van der Waals surface area (Å²) in [5.74, 6) is 3.71. The summed E-state index contributed by atoms with van der Waals surface area (Å²) in [5, 5.41) is 0.324. The van der Waals surface area contributed by atoms with Crippen molar-refractivity contribution in [2.75, 3.05) is 12.3 Å². The topological polar surface area (TPSA) is 60.2 Å². The average molecular weight is 392 g/mol. The maximum atomic E-state index is 12.7.